The second kappa shape index (κ2) is 5.27. The molecule has 1 saturated carbocycles. The first-order valence-corrected chi connectivity index (χ1v) is 8.13. The Balaban J connectivity index is 1.61. The minimum absolute atomic E-state index is 0.0198. The van der Waals surface area contributed by atoms with Crippen molar-refractivity contribution >= 4 is 16.8 Å². The first-order chi connectivity index (χ1) is 11.2. The van der Waals surface area contributed by atoms with Gasteiger partial charge in [0.2, 0.25) is 5.91 Å². The fourth-order valence-corrected chi connectivity index (χ4v) is 3.37. The number of H-pyrrole nitrogens is 1. The Bertz CT molecular complexity index is 846. The Morgan fingerprint density at radius 3 is 2.52 bits per heavy atom. The van der Waals surface area contributed by atoms with E-state index in [0.717, 1.165) is 34.9 Å². The van der Waals surface area contributed by atoms with Crippen molar-refractivity contribution in [3.8, 4) is 0 Å². The lowest BCUT2D eigenvalue weighted by molar-refractivity contribution is -0.124. The second-order valence-electron chi connectivity index (χ2n) is 6.44. The second-order valence-corrected chi connectivity index (χ2v) is 6.44. The van der Waals surface area contributed by atoms with E-state index in [1.54, 1.807) is 0 Å². The predicted molar refractivity (Wildman–Crippen MR) is 92.2 cm³/mol. The summed E-state index contributed by atoms with van der Waals surface area (Å²) in [6.45, 7) is 2.04. The number of nitrogens with one attached hydrogen (secondary N) is 2. The van der Waals surface area contributed by atoms with Crippen molar-refractivity contribution in [1.82, 2.24) is 10.3 Å². The van der Waals surface area contributed by atoms with Gasteiger partial charge in [0.1, 0.15) is 0 Å². The molecule has 116 valence electrons. The summed E-state index contributed by atoms with van der Waals surface area (Å²) in [5.41, 5.74) is 3.00. The number of aromatic amines is 1. The van der Waals surface area contributed by atoms with Crippen LogP contribution in [0, 0.1) is 0 Å². The highest BCUT2D eigenvalue weighted by molar-refractivity contribution is 5.97. The Morgan fingerprint density at radius 2 is 1.78 bits per heavy atom. The molecule has 1 aromatic heterocycles. The van der Waals surface area contributed by atoms with Crippen LogP contribution in [0.2, 0.25) is 0 Å². The predicted octanol–water partition coefficient (Wildman–Crippen LogP) is 4.08. The smallest absolute Gasteiger partial charge is 0.231 e. The van der Waals surface area contributed by atoms with Crippen molar-refractivity contribution in [3.05, 3.63) is 71.9 Å². The van der Waals surface area contributed by atoms with Crippen LogP contribution in [0.4, 0.5) is 0 Å². The minimum atomic E-state index is -0.358. The summed E-state index contributed by atoms with van der Waals surface area (Å²) >= 11 is 0. The van der Waals surface area contributed by atoms with Crippen molar-refractivity contribution in [3.63, 3.8) is 0 Å². The SMILES string of the molecule is CC(NC(=O)C1(c2c[nH]c3ccccc23)CC1)c1ccccc1. The quantitative estimate of drug-likeness (QED) is 0.749. The zero-order valence-corrected chi connectivity index (χ0v) is 13.2. The number of hydrogen-bond acceptors (Lipinski definition) is 1. The number of carbonyl (C=O) groups is 1. The van der Waals surface area contributed by atoms with Gasteiger partial charge in [-0.3, -0.25) is 4.79 Å². The lowest BCUT2D eigenvalue weighted by Gasteiger charge is -2.20. The average molecular weight is 304 g/mol. The minimum Gasteiger partial charge on any atom is -0.361 e. The summed E-state index contributed by atoms with van der Waals surface area (Å²) in [6.07, 6.45) is 3.84. The number of aromatic nitrogens is 1. The highest BCUT2D eigenvalue weighted by atomic mass is 16.2. The van der Waals surface area contributed by atoms with E-state index in [4.69, 9.17) is 0 Å². The van der Waals surface area contributed by atoms with E-state index in [-0.39, 0.29) is 17.4 Å². The molecular formula is C20H20N2O. The molecule has 3 nitrogen and oxygen atoms in total. The zero-order chi connectivity index (χ0) is 15.9. The molecule has 0 aliphatic heterocycles. The number of carbonyl (C=O) groups excluding carboxylic acids is 1. The number of rotatable bonds is 4. The average Bonchev–Trinajstić information content (AvgIpc) is 3.29. The molecule has 1 fully saturated rings. The molecule has 3 aromatic rings. The van der Waals surface area contributed by atoms with E-state index in [1.807, 2.05) is 43.5 Å². The zero-order valence-electron chi connectivity index (χ0n) is 13.2. The molecule has 3 heteroatoms. The fraction of sp³-hybridized carbons (Fsp3) is 0.250. The lowest BCUT2D eigenvalue weighted by atomic mass is 9.93. The summed E-state index contributed by atoms with van der Waals surface area (Å²) in [7, 11) is 0. The highest BCUT2D eigenvalue weighted by Crippen LogP contribution is 2.50. The summed E-state index contributed by atoms with van der Waals surface area (Å²) in [5.74, 6) is 0.138. The third-order valence-electron chi connectivity index (χ3n) is 4.94. The summed E-state index contributed by atoms with van der Waals surface area (Å²) in [4.78, 5) is 16.2. The van der Waals surface area contributed by atoms with Gasteiger partial charge in [-0.25, -0.2) is 0 Å². The molecule has 1 aliphatic carbocycles. The largest absolute Gasteiger partial charge is 0.361 e. The van der Waals surface area contributed by atoms with Crippen LogP contribution in [-0.4, -0.2) is 10.9 Å². The van der Waals surface area contributed by atoms with Crippen LogP contribution in [0.5, 0.6) is 0 Å². The molecule has 0 spiro atoms. The molecule has 4 rings (SSSR count). The van der Waals surface area contributed by atoms with Gasteiger partial charge in [0.05, 0.1) is 11.5 Å². The Kier molecular flexibility index (Phi) is 3.22. The van der Waals surface area contributed by atoms with Gasteiger partial charge >= 0.3 is 0 Å². The number of fused-ring (bicyclic) bond motifs is 1. The van der Waals surface area contributed by atoms with Crippen LogP contribution < -0.4 is 5.32 Å². The lowest BCUT2D eigenvalue weighted by Crippen LogP contribution is -2.36. The first kappa shape index (κ1) is 14.1. The Morgan fingerprint density at radius 1 is 1.09 bits per heavy atom. The van der Waals surface area contributed by atoms with Crippen LogP contribution >= 0.6 is 0 Å². The Labute approximate surface area is 135 Å². The number of amides is 1. The highest BCUT2D eigenvalue weighted by Gasteiger charge is 2.52. The maximum atomic E-state index is 12.9. The molecule has 1 heterocycles. The van der Waals surface area contributed by atoms with Gasteiger partial charge in [-0.15, -0.1) is 0 Å². The summed E-state index contributed by atoms with van der Waals surface area (Å²) in [5, 5.41) is 4.36. The molecule has 2 aromatic carbocycles. The van der Waals surface area contributed by atoms with E-state index >= 15 is 0 Å². The maximum absolute atomic E-state index is 12.9. The van der Waals surface area contributed by atoms with Crippen molar-refractivity contribution in [2.24, 2.45) is 0 Å². The van der Waals surface area contributed by atoms with E-state index < -0.39 is 0 Å². The monoisotopic (exact) mass is 304 g/mol. The van der Waals surface area contributed by atoms with E-state index in [0.29, 0.717) is 0 Å². The Hall–Kier alpha value is -2.55. The topological polar surface area (TPSA) is 44.9 Å². The van der Waals surface area contributed by atoms with Crippen LogP contribution in [0.15, 0.2) is 60.8 Å². The molecule has 0 radical (unpaired) electrons. The van der Waals surface area contributed by atoms with Gasteiger partial charge in [-0.2, -0.15) is 0 Å². The van der Waals surface area contributed by atoms with Gasteiger partial charge in [-0.05, 0) is 37.0 Å². The molecule has 0 saturated heterocycles. The van der Waals surface area contributed by atoms with Gasteiger partial charge in [0.15, 0.2) is 0 Å². The van der Waals surface area contributed by atoms with Crippen LogP contribution in [0.3, 0.4) is 0 Å². The number of para-hydroxylation sites is 1. The molecule has 1 amide bonds. The van der Waals surface area contributed by atoms with Gasteiger partial charge in [0, 0.05) is 17.1 Å². The molecule has 23 heavy (non-hydrogen) atoms. The van der Waals surface area contributed by atoms with E-state index in [1.165, 1.54) is 0 Å². The third kappa shape index (κ3) is 2.33. The van der Waals surface area contributed by atoms with E-state index in [9.17, 15) is 4.79 Å². The first-order valence-electron chi connectivity index (χ1n) is 8.13. The van der Waals surface area contributed by atoms with Gasteiger partial charge < -0.3 is 10.3 Å². The molecule has 1 unspecified atom stereocenters. The molecule has 2 N–H and O–H groups in total. The normalized spacial score (nSPS) is 16.9. The van der Waals surface area contributed by atoms with Crippen molar-refractivity contribution < 1.29 is 4.79 Å². The van der Waals surface area contributed by atoms with Gasteiger partial charge in [-0.1, -0.05) is 48.5 Å². The number of hydrogen-bond donors (Lipinski definition) is 2. The van der Waals surface area contributed by atoms with Crippen LogP contribution in [-0.2, 0) is 10.2 Å². The summed E-state index contributed by atoms with van der Waals surface area (Å²) < 4.78 is 0. The summed E-state index contributed by atoms with van der Waals surface area (Å²) in [6, 6.07) is 18.3. The third-order valence-corrected chi connectivity index (χ3v) is 4.94. The van der Waals surface area contributed by atoms with Gasteiger partial charge in [0.25, 0.3) is 0 Å². The molecule has 1 atom stereocenters. The van der Waals surface area contributed by atoms with Crippen molar-refractivity contribution in [1.29, 1.82) is 0 Å². The van der Waals surface area contributed by atoms with Crippen LogP contribution in [0.25, 0.3) is 10.9 Å². The maximum Gasteiger partial charge on any atom is 0.231 e. The standard InChI is InChI=1S/C20H20N2O/c1-14(15-7-3-2-4-8-15)22-19(23)20(11-12-20)17-13-21-18-10-6-5-9-16(17)18/h2-10,13-14,21H,11-12H2,1H3,(H,22,23). The fourth-order valence-electron chi connectivity index (χ4n) is 3.37. The van der Waals surface area contributed by atoms with Crippen LogP contribution in [0.1, 0.15) is 36.9 Å². The van der Waals surface area contributed by atoms with E-state index in [2.05, 4.69) is 34.6 Å². The number of benzene rings is 2. The molecule has 1 aliphatic rings. The van der Waals surface area contributed by atoms with Crippen molar-refractivity contribution in [2.45, 2.75) is 31.2 Å². The van der Waals surface area contributed by atoms with Crippen molar-refractivity contribution in [2.75, 3.05) is 0 Å². The molecular weight excluding hydrogens is 284 g/mol. The molecule has 0 bridgehead atoms.